The van der Waals surface area contributed by atoms with Crippen LogP contribution in [0.25, 0.3) is 0 Å². The SMILES string of the molecule is S=P([S-])(Oc1ccccc1)Oc1ccccc1.[Mo]. The molecule has 0 amide bonds. The average molecular weight is 377 g/mol. The molecule has 0 radical (unpaired) electrons. The fraction of sp³-hybridized carbons (Fsp3) is 0. The van der Waals surface area contributed by atoms with Gasteiger partial charge in [0.05, 0.1) is 0 Å². The standard InChI is InChI=1S/C12H11O2PS2.Mo/c16-15(17,13-11-7-3-1-4-8-11)14-12-9-5-2-6-10-12;/h1-10H,(H,16,17);/p-1. The van der Waals surface area contributed by atoms with Crippen LogP contribution in [0.3, 0.4) is 0 Å². The van der Waals surface area contributed by atoms with Crippen LogP contribution in [0.1, 0.15) is 0 Å². The van der Waals surface area contributed by atoms with Gasteiger partial charge in [-0.15, -0.1) is 0 Å². The van der Waals surface area contributed by atoms with Crippen molar-refractivity contribution in [2.75, 3.05) is 0 Å². The molecule has 0 aliphatic rings. The van der Waals surface area contributed by atoms with E-state index in [9.17, 15) is 0 Å². The summed E-state index contributed by atoms with van der Waals surface area (Å²) in [6.45, 7) is 0. The molecule has 0 saturated carbocycles. The van der Waals surface area contributed by atoms with Crippen molar-refractivity contribution >= 4 is 29.7 Å². The van der Waals surface area contributed by atoms with Crippen molar-refractivity contribution in [3.8, 4) is 11.5 Å². The van der Waals surface area contributed by atoms with E-state index in [1.54, 1.807) is 0 Å². The Bertz CT molecular complexity index is 477. The topological polar surface area (TPSA) is 18.5 Å². The third-order valence-corrected chi connectivity index (χ3v) is 3.68. The van der Waals surface area contributed by atoms with Gasteiger partial charge in [0.1, 0.15) is 11.5 Å². The van der Waals surface area contributed by atoms with Gasteiger partial charge in [0, 0.05) is 21.1 Å². The Morgan fingerprint density at radius 2 is 1.11 bits per heavy atom. The molecular weight excluding hydrogens is 367 g/mol. The average Bonchev–Trinajstić information content (AvgIpc) is 2.30. The zero-order chi connectivity index (χ0) is 12.1. The molecule has 0 bridgehead atoms. The van der Waals surface area contributed by atoms with Crippen LogP contribution >= 0.6 is 5.69 Å². The summed E-state index contributed by atoms with van der Waals surface area (Å²) < 4.78 is 11.0. The Kier molecular flexibility index (Phi) is 6.45. The van der Waals surface area contributed by atoms with E-state index >= 15 is 0 Å². The van der Waals surface area contributed by atoms with Gasteiger partial charge in [0.15, 0.2) is 5.69 Å². The normalized spacial score (nSPS) is 10.3. The first-order chi connectivity index (χ1) is 8.16. The van der Waals surface area contributed by atoms with Gasteiger partial charge in [-0.05, 0) is 36.1 Å². The molecule has 0 saturated heterocycles. The summed E-state index contributed by atoms with van der Waals surface area (Å²) in [7, 11) is 0. The second-order valence-electron chi connectivity index (χ2n) is 3.26. The van der Waals surface area contributed by atoms with E-state index in [1.807, 2.05) is 60.7 Å². The first-order valence-corrected chi connectivity index (χ1v) is 8.61. The molecule has 2 aromatic rings. The molecule has 0 aliphatic heterocycles. The van der Waals surface area contributed by atoms with Crippen LogP contribution in [0.2, 0.25) is 0 Å². The second kappa shape index (κ2) is 7.35. The van der Waals surface area contributed by atoms with Gasteiger partial charge in [0.25, 0.3) is 0 Å². The van der Waals surface area contributed by atoms with E-state index in [0.29, 0.717) is 11.5 Å². The predicted octanol–water partition coefficient (Wildman–Crippen LogP) is 3.91. The Hall–Kier alpha value is -0.272. The van der Waals surface area contributed by atoms with Gasteiger partial charge in [-0.2, -0.15) is 0 Å². The zero-order valence-electron chi connectivity index (χ0n) is 9.26. The molecule has 0 spiro atoms. The van der Waals surface area contributed by atoms with Crippen LogP contribution in [0.15, 0.2) is 60.7 Å². The Morgan fingerprint density at radius 3 is 1.44 bits per heavy atom. The van der Waals surface area contributed by atoms with Gasteiger partial charge in [-0.1, -0.05) is 36.4 Å². The maximum absolute atomic E-state index is 5.52. The molecule has 0 unspecified atom stereocenters. The summed E-state index contributed by atoms with van der Waals surface area (Å²) in [6.07, 6.45) is 0. The smallest absolute Gasteiger partial charge is 0.156 e. The molecule has 0 atom stereocenters. The van der Waals surface area contributed by atoms with Crippen molar-refractivity contribution in [1.82, 2.24) is 0 Å². The van der Waals surface area contributed by atoms with E-state index < -0.39 is 5.69 Å². The molecule has 94 valence electrons. The molecule has 0 aromatic heterocycles. The number of hydrogen-bond donors (Lipinski definition) is 0. The molecule has 2 rings (SSSR count). The largest absolute Gasteiger partial charge is 0.665 e. The summed E-state index contributed by atoms with van der Waals surface area (Å²) in [6, 6.07) is 18.5. The number of para-hydroxylation sites is 2. The van der Waals surface area contributed by atoms with E-state index in [1.165, 1.54) is 0 Å². The molecule has 2 nitrogen and oxygen atoms in total. The molecule has 0 fully saturated rings. The molecule has 18 heavy (non-hydrogen) atoms. The number of rotatable bonds is 4. The van der Waals surface area contributed by atoms with Crippen LogP contribution in [0.5, 0.6) is 11.5 Å². The molecular formula is C12H10MoO2PS2-. The van der Waals surface area contributed by atoms with Crippen molar-refractivity contribution in [3.63, 3.8) is 0 Å². The summed E-state index contributed by atoms with van der Waals surface area (Å²) >= 11 is 10.4. The zero-order valence-corrected chi connectivity index (χ0v) is 13.8. The summed E-state index contributed by atoms with van der Waals surface area (Å²) in [4.78, 5) is 0. The van der Waals surface area contributed by atoms with Crippen molar-refractivity contribution < 1.29 is 30.1 Å². The predicted molar refractivity (Wildman–Crippen MR) is 75.8 cm³/mol. The maximum Gasteiger partial charge on any atom is 0.156 e. The summed E-state index contributed by atoms with van der Waals surface area (Å²) in [5.74, 6) is 1.28. The maximum atomic E-state index is 5.52. The van der Waals surface area contributed by atoms with Crippen molar-refractivity contribution in [2.24, 2.45) is 0 Å². The van der Waals surface area contributed by atoms with Crippen LogP contribution in [-0.2, 0) is 45.1 Å². The van der Waals surface area contributed by atoms with Crippen LogP contribution < -0.4 is 9.05 Å². The third kappa shape index (κ3) is 5.15. The van der Waals surface area contributed by atoms with E-state index in [4.69, 9.17) is 33.1 Å². The Labute approximate surface area is 131 Å². The first kappa shape index (κ1) is 15.8. The van der Waals surface area contributed by atoms with Gasteiger partial charge < -0.3 is 21.3 Å². The summed E-state index contributed by atoms with van der Waals surface area (Å²) in [5, 5.41) is 0. The quantitative estimate of drug-likeness (QED) is 0.457. The second-order valence-corrected chi connectivity index (χ2v) is 8.09. The van der Waals surface area contributed by atoms with Crippen LogP contribution in [-0.4, -0.2) is 0 Å². The minimum absolute atomic E-state index is 0. The van der Waals surface area contributed by atoms with E-state index in [2.05, 4.69) is 0 Å². The fourth-order valence-corrected chi connectivity index (χ4v) is 3.07. The van der Waals surface area contributed by atoms with E-state index in [0.717, 1.165) is 0 Å². The van der Waals surface area contributed by atoms with Crippen LogP contribution in [0, 0.1) is 0 Å². The van der Waals surface area contributed by atoms with Crippen molar-refractivity contribution in [1.29, 1.82) is 0 Å². The molecule has 0 aliphatic carbocycles. The fourth-order valence-electron chi connectivity index (χ4n) is 1.24. The third-order valence-electron chi connectivity index (χ3n) is 1.92. The van der Waals surface area contributed by atoms with Gasteiger partial charge in [-0.25, -0.2) is 0 Å². The van der Waals surface area contributed by atoms with Gasteiger partial charge in [0.2, 0.25) is 0 Å². The Morgan fingerprint density at radius 1 is 0.778 bits per heavy atom. The minimum atomic E-state index is -2.72. The Balaban J connectivity index is 0.00000162. The van der Waals surface area contributed by atoms with Crippen molar-refractivity contribution in [2.45, 2.75) is 0 Å². The van der Waals surface area contributed by atoms with E-state index in [-0.39, 0.29) is 21.1 Å². The molecule has 0 heterocycles. The van der Waals surface area contributed by atoms with Gasteiger partial charge >= 0.3 is 0 Å². The summed E-state index contributed by atoms with van der Waals surface area (Å²) in [5.41, 5.74) is -2.72. The number of hydrogen-bond acceptors (Lipinski definition) is 4. The molecule has 6 heteroatoms. The molecule has 0 N–H and O–H groups in total. The van der Waals surface area contributed by atoms with Crippen LogP contribution in [0.4, 0.5) is 0 Å². The number of benzene rings is 2. The minimum Gasteiger partial charge on any atom is -0.665 e. The van der Waals surface area contributed by atoms with Gasteiger partial charge in [-0.3, -0.25) is 0 Å². The monoisotopic (exact) mass is 379 g/mol. The van der Waals surface area contributed by atoms with Crippen molar-refractivity contribution in [3.05, 3.63) is 60.7 Å². The molecule has 2 aromatic carbocycles. The first-order valence-electron chi connectivity index (χ1n) is 4.96.